The Morgan fingerprint density at radius 3 is 2.29 bits per heavy atom. The number of ether oxygens (including phenoxy) is 2. The highest BCUT2D eigenvalue weighted by Crippen LogP contribution is 2.14. The van der Waals surface area contributed by atoms with Crippen molar-refractivity contribution in [3.05, 3.63) is 0 Å². The maximum Gasteiger partial charge on any atom is 0.330 e. The van der Waals surface area contributed by atoms with Crippen LogP contribution in [0.15, 0.2) is 0 Å². The van der Waals surface area contributed by atoms with Gasteiger partial charge >= 0.3 is 12.0 Å². The molecule has 2 heterocycles. The normalized spacial score (nSPS) is 23.0. The minimum absolute atomic E-state index is 0.115. The Morgan fingerprint density at radius 1 is 1.05 bits per heavy atom. The molecule has 0 aromatic heterocycles. The molecule has 0 radical (unpaired) electrons. The average molecular weight is 299 g/mol. The number of amides is 3. The Bertz CT molecular complexity index is 422. The van der Waals surface area contributed by atoms with Crippen LogP contribution in [-0.4, -0.2) is 91.7 Å². The van der Waals surface area contributed by atoms with Gasteiger partial charge in [0, 0.05) is 33.1 Å². The fraction of sp³-hybridized carbons (Fsp3) is 0.769. The summed E-state index contributed by atoms with van der Waals surface area (Å²) in [5.41, 5.74) is 0. The van der Waals surface area contributed by atoms with E-state index < -0.39 is 12.0 Å². The molecule has 0 aromatic rings. The fourth-order valence-corrected chi connectivity index (χ4v) is 2.63. The molecule has 2 saturated heterocycles. The lowest BCUT2D eigenvalue weighted by molar-refractivity contribution is -0.154. The van der Waals surface area contributed by atoms with E-state index in [1.54, 1.807) is 9.80 Å². The van der Waals surface area contributed by atoms with Crippen LogP contribution < -0.4 is 0 Å². The molecule has 1 unspecified atom stereocenters. The molecule has 2 aliphatic heterocycles. The first-order valence-corrected chi connectivity index (χ1v) is 7.01. The first kappa shape index (κ1) is 15.6. The van der Waals surface area contributed by atoms with Gasteiger partial charge < -0.3 is 24.2 Å². The molecule has 0 N–H and O–H groups in total. The third kappa shape index (κ3) is 3.44. The molecule has 3 amide bonds. The highest BCUT2D eigenvalue weighted by Gasteiger charge is 2.37. The number of carbonyl (C=O) groups excluding carboxylic acids is 3. The number of morpholine rings is 1. The summed E-state index contributed by atoms with van der Waals surface area (Å²) in [5.74, 6) is -0.687. The van der Waals surface area contributed by atoms with Crippen LogP contribution in [0.2, 0.25) is 0 Å². The van der Waals surface area contributed by atoms with Gasteiger partial charge in [-0.05, 0) is 0 Å². The first-order chi connectivity index (χ1) is 10.0. The van der Waals surface area contributed by atoms with Crippen molar-refractivity contribution in [2.24, 2.45) is 0 Å². The molecule has 0 saturated carbocycles. The van der Waals surface area contributed by atoms with Gasteiger partial charge in [0.15, 0.2) is 0 Å². The molecule has 2 fully saturated rings. The van der Waals surface area contributed by atoms with Gasteiger partial charge in [-0.3, -0.25) is 4.79 Å². The Hall–Kier alpha value is -1.83. The maximum atomic E-state index is 12.4. The van der Waals surface area contributed by atoms with E-state index in [9.17, 15) is 14.4 Å². The minimum atomic E-state index is -0.730. The van der Waals surface area contributed by atoms with E-state index in [0.29, 0.717) is 39.4 Å². The molecular formula is C13H21N3O5. The molecular weight excluding hydrogens is 278 g/mol. The van der Waals surface area contributed by atoms with Crippen molar-refractivity contribution in [3.63, 3.8) is 0 Å². The second kappa shape index (κ2) is 6.75. The van der Waals surface area contributed by atoms with Gasteiger partial charge in [0.1, 0.15) is 6.04 Å². The van der Waals surface area contributed by atoms with Crippen molar-refractivity contribution in [1.82, 2.24) is 14.7 Å². The largest absolute Gasteiger partial charge is 0.467 e. The van der Waals surface area contributed by atoms with Crippen LogP contribution in [0, 0.1) is 0 Å². The van der Waals surface area contributed by atoms with Crippen LogP contribution in [0.3, 0.4) is 0 Å². The lowest BCUT2D eigenvalue weighted by Gasteiger charge is -2.41. The van der Waals surface area contributed by atoms with Crippen molar-refractivity contribution in [3.8, 4) is 0 Å². The van der Waals surface area contributed by atoms with E-state index >= 15 is 0 Å². The quantitative estimate of drug-likeness (QED) is 0.589. The lowest BCUT2D eigenvalue weighted by atomic mass is 10.1. The highest BCUT2D eigenvalue weighted by molar-refractivity contribution is 5.85. The number of hydrogen-bond donors (Lipinski definition) is 0. The predicted octanol–water partition coefficient (Wildman–Crippen LogP) is -0.856. The molecule has 21 heavy (non-hydrogen) atoms. The Morgan fingerprint density at radius 2 is 1.71 bits per heavy atom. The molecule has 0 aromatic carbocycles. The Kier molecular flexibility index (Phi) is 5.00. The van der Waals surface area contributed by atoms with E-state index in [-0.39, 0.29) is 18.5 Å². The molecule has 2 aliphatic rings. The second-order valence-corrected chi connectivity index (χ2v) is 5.08. The Balaban J connectivity index is 2.04. The molecule has 0 bridgehead atoms. The van der Waals surface area contributed by atoms with Crippen LogP contribution in [-0.2, 0) is 19.1 Å². The number of piperazine rings is 1. The van der Waals surface area contributed by atoms with Gasteiger partial charge in [0.05, 0.1) is 26.9 Å². The summed E-state index contributed by atoms with van der Waals surface area (Å²) >= 11 is 0. The summed E-state index contributed by atoms with van der Waals surface area (Å²) in [6.45, 7) is 4.49. The van der Waals surface area contributed by atoms with Gasteiger partial charge in [-0.2, -0.15) is 0 Å². The molecule has 1 atom stereocenters. The lowest BCUT2D eigenvalue weighted by Crippen LogP contribution is -2.61. The summed E-state index contributed by atoms with van der Waals surface area (Å²) in [7, 11) is 1.28. The van der Waals surface area contributed by atoms with Crippen LogP contribution in [0.4, 0.5) is 4.79 Å². The SMILES string of the molecule is COC(=O)C1CN(C(=O)N2CCOCC2)CCN1C(C)=O. The van der Waals surface area contributed by atoms with E-state index in [4.69, 9.17) is 9.47 Å². The van der Waals surface area contributed by atoms with E-state index in [2.05, 4.69) is 0 Å². The third-order valence-electron chi connectivity index (χ3n) is 3.81. The van der Waals surface area contributed by atoms with Crippen LogP contribution in [0.1, 0.15) is 6.92 Å². The predicted molar refractivity (Wildman–Crippen MR) is 72.6 cm³/mol. The molecule has 0 aliphatic carbocycles. The smallest absolute Gasteiger partial charge is 0.330 e. The zero-order valence-corrected chi connectivity index (χ0v) is 12.4. The molecule has 118 valence electrons. The molecule has 8 nitrogen and oxygen atoms in total. The third-order valence-corrected chi connectivity index (χ3v) is 3.81. The van der Waals surface area contributed by atoms with Crippen LogP contribution >= 0.6 is 0 Å². The van der Waals surface area contributed by atoms with E-state index in [1.807, 2.05) is 0 Å². The summed E-state index contributed by atoms with van der Waals surface area (Å²) in [4.78, 5) is 40.6. The van der Waals surface area contributed by atoms with E-state index in [0.717, 1.165) is 0 Å². The molecule has 8 heteroatoms. The monoisotopic (exact) mass is 299 g/mol. The summed E-state index contributed by atoms with van der Waals surface area (Å²) in [6.07, 6.45) is 0. The van der Waals surface area contributed by atoms with Gasteiger partial charge in [-0.25, -0.2) is 9.59 Å². The second-order valence-electron chi connectivity index (χ2n) is 5.08. The van der Waals surface area contributed by atoms with Gasteiger partial charge in [0.2, 0.25) is 5.91 Å². The number of carbonyl (C=O) groups is 3. The van der Waals surface area contributed by atoms with Crippen molar-refractivity contribution >= 4 is 17.9 Å². The van der Waals surface area contributed by atoms with Crippen molar-refractivity contribution in [2.75, 3.05) is 53.0 Å². The summed E-state index contributed by atoms with van der Waals surface area (Å²) < 4.78 is 9.96. The molecule has 2 rings (SSSR count). The number of nitrogens with zero attached hydrogens (tertiary/aromatic N) is 3. The zero-order chi connectivity index (χ0) is 15.4. The number of urea groups is 1. The Labute approximate surface area is 123 Å². The first-order valence-electron chi connectivity index (χ1n) is 7.01. The van der Waals surface area contributed by atoms with Crippen molar-refractivity contribution in [1.29, 1.82) is 0 Å². The topological polar surface area (TPSA) is 79.4 Å². The number of rotatable bonds is 1. The van der Waals surface area contributed by atoms with Crippen LogP contribution in [0.25, 0.3) is 0 Å². The highest BCUT2D eigenvalue weighted by atomic mass is 16.5. The standard InChI is InChI=1S/C13H21N3O5/c1-10(17)16-4-3-15(9-11(16)12(18)20-2)13(19)14-5-7-21-8-6-14/h11H,3-9H2,1-2H3. The fourth-order valence-electron chi connectivity index (χ4n) is 2.63. The summed E-state index contributed by atoms with van der Waals surface area (Å²) in [5, 5.41) is 0. The number of esters is 1. The molecule has 0 spiro atoms. The van der Waals surface area contributed by atoms with Gasteiger partial charge in [-0.15, -0.1) is 0 Å². The van der Waals surface area contributed by atoms with Gasteiger partial charge in [0.25, 0.3) is 0 Å². The van der Waals surface area contributed by atoms with Gasteiger partial charge in [-0.1, -0.05) is 0 Å². The summed E-state index contributed by atoms with van der Waals surface area (Å²) in [6, 6.07) is -0.846. The number of methoxy groups -OCH3 is 1. The zero-order valence-electron chi connectivity index (χ0n) is 12.4. The number of hydrogen-bond acceptors (Lipinski definition) is 5. The van der Waals surface area contributed by atoms with Crippen molar-refractivity contribution in [2.45, 2.75) is 13.0 Å². The maximum absolute atomic E-state index is 12.4. The van der Waals surface area contributed by atoms with Crippen LogP contribution in [0.5, 0.6) is 0 Å². The van der Waals surface area contributed by atoms with E-state index in [1.165, 1.54) is 18.9 Å². The van der Waals surface area contributed by atoms with Crippen molar-refractivity contribution < 1.29 is 23.9 Å². The minimum Gasteiger partial charge on any atom is -0.467 e. The average Bonchev–Trinajstić information content (AvgIpc) is 2.53.